The van der Waals surface area contributed by atoms with Gasteiger partial charge < -0.3 is 4.74 Å². The monoisotopic (exact) mass is 361 g/mol. The van der Waals surface area contributed by atoms with Crippen molar-refractivity contribution in [3.63, 3.8) is 0 Å². The molecule has 5 rings (SSSR count). The van der Waals surface area contributed by atoms with Crippen molar-refractivity contribution in [1.82, 2.24) is 4.90 Å². The van der Waals surface area contributed by atoms with Gasteiger partial charge in [0.2, 0.25) is 0 Å². The molecule has 27 heavy (non-hydrogen) atoms. The molecule has 2 aromatic carbocycles. The van der Waals surface area contributed by atoms with E-state index in [1.165, 1.54) is 0 Å². The second-order valence-corrected chi connectivity index (χ2v) is 7.29. The quantitative estimate of drug-likeness (QED) is 0.831. The molecule has 5 nitrogen and oxygen atoms in total. The van der Waals surface area contributed by atoms with Gasteiger partial charge in [-0.2, -0.15) is 5.26 Å². The summed E-state index contributed by atoms with van der Waals surface area (Å²) in [5, 5.41) is 9.03. The molecule has 1 amide bonds. The molecular weight excluding hydrogens is 338 g/mol. The van der Waals surface area contributed by atoms with Crippen molar-refractivity contribution in [2.24, 2.45) is 5.92 Å². The first-order valence-electron chi connectivity index (χ1n) is 9.47. The van der Waals surface area contributed by atoms with E-state index in [2.05, 4.69) is 11.0 Å². The molecule has 0 radical (unpaired) electrons. The van der Waals surface area contributed by atoms with Gasteiger partial charge in [-0.25, -0.2) is 4.79 Å². The minimum Gasteiger partial charge on any atom is -0.444 e. The van der Waals surface area contributed by atoms with Crippen molar-refractivity contribution in [2.45, 2.75) is 25.5 Å². The number of carbonyl (C=O) groups is 1. The number of fused-ring (bicyclic) bond motifs is 3. The molecule has 0 saturated carbocycles. The normalized spacial score (nSPS) is 23.4. The summed E-state index contributed by atoms with van der Waals surface area (Å²) in [6, 6.07) is 19.1. The maximum atomic E-state index is 13.1. The minimum absolute atomic E-state index is 0.0309. The van der Waals surface area contributed by atoms with E-state index in [1.807, 2.05) is 30.3 Å². The molecule has 3 aliphatic heterocycles. The lowest BCUT2D eigenvalue weighted by molar-refractivity contribution is -0.0311. The van der Waals surface area contributed by atoms with Crippen LogP contribution in [-0.4, -0.2) is 36.7 Å². The van der Waals surface area contributed by atoms with Crippen molar-refractivity contribution >= 4 is 11.8 Å². The second kappa shape index (κ2) is 7.81. The van der Waals surface area contributed by atoms with Crippen molar-refractivity contribution in [2.75, 3.05) is 24.5 Å². The number of piperidine rings is 3. The highest BCUT2D eigenvalue weighted by Gasteiger charge is 2.37. The van der Waals surface area contributed by atoms with Crippen LogP contribution in [0.1, 0.15) is 24.0 Å². The Morgan fingerprint density at radius 1 is 1.11 bits per heavy atom. The Labute approximate surface area is 159 Å². The minimum atomic E-state index is -0.317. The number of ether oxygens (including phenoxy) is 1. The van der Waals surface area contributed by atoms with Gasteiger partial charge in [0.1, 0.15) is 6.10 Å². The fourth-order valence-electron chi connectivity index (χ4n) is 3.98. The van der Waals surface area contributed by atoms with Crippen LogP contribution < -0.4 is 4.90 Å². The lowest BCUT2D eigenvalue weighted by atomic mass is 9.86. The fourth-order valence-corrected chi connectivity index (χ4v) is 3.98. The molecule has 138 valence electrons. The molecule has 5 heteroatoms. The number of anilines is 1. The van der Waals surface area contributed by atoms with Gasteiger partial charge in [0.05, 0.1) is 18.2 Å². The Morgan fingerprint density at radius 2 is 1.81 bits per heavy atom. The van der Waals surface area contributed by atoms with Crippen LogP contribution in [0.3, 0.4) is 0 Å². The number of nitriles is 1. The van der Waals surface area contributed by atoms with Crippen LogP contribution in [0.4, 0.5) is 10.5 Å². The van der Waals surface area contributed by atoms with Crippen LogP contribution in [0.15, 0.2) is 54.6 Å². The predicted octanol–water partition coefficient (Wildman–Crippen LogP) is 3.80. The molecule has 1 unspecified atom stereocenters. The summed E-state index contributed by atoms with van der Waals surface area (Å²) in [7, 11) is 0. The zero-order valence-electron chi connectivity index (χ0n) is 15.3. The Morgan fingerprint density at radius 3 is 2.41 bits per heavy atom. The van der Waals surface area contributed by atoms with E-state index < -0.39 is 0 Å². The third-order valence-corrected chi connectivity index (χ3v) is 5.56. The third-order valence-electron chi connectivity index (χ3n) is 5.56. The molecule has 3 saturated heterocycles. The van der Waals surface area contributed by atoms with E-state index in [0.717, 1.165) is 43.7 Å². The van der Waals surface area contributed by atoms with Gasteiger partial charge in [0.15, 0.2) is 0 Å². The molecule has 2 bridgehead atoms. The van der Waals surface area contributed by atoms with Crippen molar-refractivity contribution in [3.8, 4) is 6.07 Å². The van der Waals surface area contributed by atoms with E-state index in [4.69, 9.17) is 10.00 Å². The maximum absolute atomic E-state index is 13.1. The zero-order chi connectivity index (χ0) is 18.6. The van der Waals surface area contributed by atoms with Crippen LogP contribution >= 0.6 is 0 Å². The molecule has 2 aromatic rings. The van der Waals surface area contributed by atoms with Crippen LogP contribution in [0.25, 0.3) is 0 Å². The highest BCUT2D eigenvalue weighted by atomic mass is 16.6. The number of hydrogen-bond donors (Lipinski definition) is 0. The molecule has 0 aliphatic carbocycles. The standard InChI is InChI=1S/C22H23N3O2/c23-14-17-6-8-20(9-7-17)25(15-18-4-2-1-3-5-18)22(26)27-21-16-24-12-10-19(21)11-13-24/h1-9,19,21H,10-13,15-16H2. The van der Waals surface area contributed by atoms with Crippen LogP contribution in [0.2, 0.25) is 0 Å². The van der Waals surface area contributed by atoms with Crippen molar-refractivity contribution in [3.05, 3.63) is 65.7 Å². The third kappa shape index (κ3) is 3.96. The maximum Gasteiger partial charge on any atom is 0.414 e. The van der Waals surface area contributed by atoms with Gasteiger partial charge in [-0.1, -0.05) is 30.3 Å². The number of carbonyl (C=O) groups excluding carboxylic acids is 1. The fraction of sp³-hybridized carbons (Fsp3) is 0.364. The summed E-state index contributed by atoms with van der Waals surface area (Å²) in [4.78, 5) is 17.1. The Kier molecular flexibility index (Phi) is 5.08. The predicted molar refractivity (Wildman–Crippen MR) is 103 cm³/mol. The van der Waals surface area contributed by atoms with Crippen molar-refractivity contribution in [1.29, 1.82) is 5.26 Å². The SMILES string of the molecule is N#Cc1ccc(N(Cc2ccccc2)C(=O)OC2CN3CCC2CC3)cc1. The van der Waals surface area contributed by atoms with Gasteiger partial charge in [-0.15, -0.1) is 0 Å². The molecule has 0 spiro atoms. The van der Waals surface area contributed by atoms with Gasteiger partial charge in [0.25, 0.3) is 0 Å². The summed E-state index contributed by atoms with van der Waals surface area (Å²) < 4.78 is 5.95. The summed E-state index contributed by atoms with van der Waals surface area (Å²) in [5.41, 5.74) is 2.35. The lowest BCUT2D eigenvalue weighted by Crippen LogP contribution is -2.53. The molecular formula is C22H23N3O2. The van der Waals surface area contributed by atoms with Gasteiger partial charge in [-0.3, -0.25) is 9.80 Å². The van der Waals surface area contributed by atoms with Gasteiger partial charge >= 0.3 is 6.09 Å². The summed E-state index contributed by atoms with van der Waals surface area (Å²) in [5.74, 6) is 0.471. The smallest absolute Gasteiger partial charge is 0.414 e. The summed E-state index contributed by atoms with van der Waals surface area (Å²) >= 11 is 0. The molecule has 1 atom stereocenters. The average molecular weight is 361 g/mol. The number of rotatable bonds is 4. The Bertz CT molecular complexity index is 821. The van der Waals surface area contributed by atoms with Crippen molar-refractivity contribution < 1.29 is 9.53 Å². The Hall–Kier alpha value is -2.84. The topological polar surface area (TPSA) is 56.6 Å². The lowest BCUT2D eigenvalue weighted by Gasteiger charge is -2.44. The number of benzene rings is 2. The highest BCUT2D eigenvalue weighted by Crippen LogP contribution is 2.30. The summed E-state index contributed by atoms with van der Waals surface area (Å²) in [6.45, 7) is 3.50. The second-order valence-electron chi connectivity index (χ2n) is 7.29. The van der Waals surface area contributed by atoms with E-state index in [9.17, 15) is 4.79 Å². The first kappa shape index (κ1) is 17.6. The first-order chi connectivity index (χ1) is 13.2. The number of amides is 1. The molecule has 3 aliphatic rings. The van der Waals surface area contributed by atoms with Gasteiger partial charge in [-0.05, 0) is 61.7 Å². The largest absolute Gasteiger partial charge is 0.444 e. The first-order valence-corrected chi connectivity index (χ1v) is 9.47. The highest BCUT2D eigenvalue weighted by molar-refractivity contribution is 5.87. The van der Waals surface area contributed by atoms with Crippen LogP contribution in [-0.2, 0) is 11.3 Å². The van der Waals surface area contributed by atoms with Crippen LogP contribution in [0.5, 0.6) is 0 Å². The van der Waals surface area contributed by atoms with E-state index in [-0.39, 0.29) is 12.2 Å². The zero-order valence-corrected chi connectivity index (χ0v) is 15.3. The molecule has 3 fully saturated rings. The molecule has 0 N–H and O–H groups in total. The molecule has 0 aromatic heterocycles. The average Bonchev–Trinajstić information content (AvgIpc) is 2.74. The molecule has 3 heterocycles. The van der Waals surface area contributed by atoms with E-state index in [0.29, 0.717) is 18.0 Å². The number of nitrogens with zero attached hydrogens (tertiary/aromatic N) is 3. The number of hydrogen-bond acceptors (Lipinski definition) is 4. The Balaban J connectivity index is 1.54. The van der Waals surface area contributed by atoms with E-state index in [1.54, 1.807) is 29.2 Å². The van der Waals surface area contributed by atoms with E-state index >= 15 is 0 Å². The summed E-state index contributed by atoms with van der Waals surface area (Å²) in [6.07, 6.45) is 1.86. The van der Waals surface area contributed by atoms with Crippen LogP contribution in [0, 0.1) is 17.2 Å². The van der Waals surface area contributed by atoms with Gasteiger partial charge in [0, 0.05) is 12.2 Å².